The zero-order valence-corrected chi connectivity index (χ0v) is 13.1. The molecule has 20 heavy (non-hydrogen) atoms. The van der Waals surface area contributed by atoms with Crippen molar-refractivity contribution in [2.75, 3.05) is 0 Å². The summed E-state index contributed by atoms with van der Waals surface area (Å²) >= 11 is 0. The molecule has 0 atom stereocenters. The summed E-state index contributed by atoms with van der Waals surface area (Å²) in [6.45, 7) is 6.00. The maximum Gasteiger partial charge on any atom is 0.106 e. The van der Waals surface area contributed by atoms with E-state index in [9.17, 15) is 0 Å². The van der Waals surface area contributed by atoms with Crippen LogP contribution in [0.2, 0.25) is 0 Å². The molecule has 2 aliphatic rings. The number of aryl methyl sites for hydroxylation is 2. The fourth-order valence-corrected chi connectivity index (χ4v) is 3.08. The van der Waals surface area contributed by atoms with Crippen molar-refractivity contribution >= 4 is 20.4 Å². The smallest absolute Gasteiger partial charge is 0.106 e. The van der Waals surface area contributed by atoms with Crippen LogP contribution >= 0.6 is 0 Å². The summed E-state index contributed by atoms with van der Waals surface area (Å²) in [5.41, 5.74) is 6.94. The second kappa shape index (κ2) is 12.9. The van der Waals surface area contributed by atoms with Gasteiger partial charge in [0.1, 0.15) is 20.4 Å². The molecule has 0 unspecified atom stereocenters. The van der Waals surface area contributed by atoms with Crippen LogP contribution in [0.5, 0.6) is 0 Å². The third-order valence-corrected chi connectivity index (χ3v) is 3.73. The molecule has 2 aliphatic carbocycles. The molecule has 0 heterocycles. The average molecular weight is 318 g/mol. The van der Waals surface area contributed by atoms with Crippen LogP contribution in [0.15, 0.2) is 6.07 Å². The molecule has 1 radical (unpaired) electrons. The summed E-state index contributed by atoms with van der Waals surface area (Å²) in [5, 5.41) is 0. The topological polar surface area (TPSA) is 51.2 Å². The van der Waals surface area contributed by atoms with Gasteiger partial charge in [-0.2, -0.15) is 28.3 Å². The largest absolute Gasteiger partial charge is 0.307 e. The Morgan fingerprint density at radius 3 is 1.25 bits per heavy atom. The van der Waals surface area contributed by atoms with Crippen LogP contribution in [0.3, 0.4) is 0 Å². The summed E-state index contributed by atoms with van der Waals surface area (Å²) in [4.78, 5) is 24.0. The Balaban J connectivity index is 0. The molecule has 0 N–H and O–H groups in total. The molecule has 0 bridgehead atoms. The van der Waals surface area contributed by atoms with E-state index in [-0.39, 0.29) is 17.1 Å². The van der Waals surface area contributed by atoms with Crippen LogP contribution < -0.4 is 0 Å². The Morgan fingerprint density at radius 2 is 0.900 bits per heavy atom. The van der Waals surface area contributed by atoms with Crippen molar-refractivity contribution < 1.29 is 31.5 Å². The van der Waals surface area contributed by atoms with E-state index in [1.807, 2.05) is 20.4 Å². The van der Waals surface area contributed by atoms with E-state index < -0.39 is 0 Å². The predicted molar refractivity (Wildman–Crippen MR) is 76.7 cm³/mol. The fourth-order valence-electron chi connectivity index (χ4n) is 3.08. The van der Waals surface area contributed by atoms with Crippen molar-refractivity contribution in [3.63, 3.8) is 0 Å². The normalized spacial score (nSPS) is 14.2. The molecular weight excluding hydrogens is 295 g/mol. The van der Waals surface area contributed by atoms with Crippen LogP contribution in [-0.4, -0.2) is 20.4 Å². The molecule has 0 saturated heterocycles. The minimum Gasteiger partial charge on any atom is -0.307 e. The first-order chi connectivity index (χ1) is 9.45. The zero-order chi connectivity index (χ0) is 14.7. The summed E-state index contributed by atoms with van der Waals surface area (Å²) in [5.74, 6) is 0. The van der Waals surface area contributed by atoms with Crippen molar-refractivity contribution in [2.45, 2.75) is 51.4 Å². The molecular formula is C16H23MnO3-. The number of rotatable bonds is 0. The van der Waals surface area contributed by atoms with Crippen LogP contribution in [0.4, 0.5) is 0 Å². The van der Waals surface area contributed by atoms with E-state index in [0.29, 0.717) is 0 Å². The van der Waals surface area contributed by atoms with E-state index in [2.05, 4.69) is 6.07 Å². The Kier molecular flexibility index (Phi) is 13.7. The minimum atomic E-state index is 0. The first-order valence-electron chi connectivity index (χ1n) is 6.61. The first kappa shape index (κ1) is 21.2. The number of hydrogen-bond acceptors (Lipinski definition) is 3. The SMILES string of the molecule is C=O.C=O.C=O.[Mn].[cH-]1c2c(c3c1CCCC3)CCCC2. The molecule has 3 rings (SSSR count). The monoisotopic (exact) mass is 318 g/mol. The molecule has 0 aromatic heterocycles. The van der Waals surface area contributed by atoms with Crippen molar-refractivity contribution in [3.8, 4) is 0 Å². The summed E-state index contributed by atoms with van der Waals surface area (Å²) in [6, 6.07) is 2.52. The van der Waals surface area contributed by atoms with Gasteiger partial charge in [0.15, 0.2) is 0 Å². The van der Waals surface area contributed by atoms with Crippen LogP contribution in [0.25, 0.3) is 0 Å². The molecule has 3 nitrogen and oxygen atoms in total. The number of fused-ring (bicyclic) bond motifs is 3. The minimum absolute atomic E-state index is 0. The Labute approximate surface area is 132 Å². The van der Waals surface area contributed by atoms with E-state index in [1.165, 1.54) is 51.4 Å². The molecule has 113 valence electrons. The third-order valence-electron chi connectivity index (χ3n) is 3.73. The molecule has 0 saturated carbocycles. The molecule has 0 aliphatic heterocycles. The first-order valence-corrected chi connectivity index (χ1v) is 6.61. The number of carbonyl (C=O) groups excluding carboxylic acids is 3. The maximum absolute atomic E-state index is 8.00. The molecule has 1 aromatic carbocycles. The Bertz CT molecular complexity index is 339. The van der Waals surface area contributed by atoms with E-state index >= 15 is 0 Å². The maximum atomic E-state index is 8.00. The van der Waals surface area contributed by atoms with Crippen molar-refractivity contribution in [1.29, 1.82) is 0 Å². The van der Waals surface area contributed by atoms with Gasteiger partial charge < -0.3 is 14.4 Å². The van der Waals surface area contributed by atoms with Gasteiger partial charge in [-0.05, 0) is 0 Å². The van der Waals surface area contributed by atoms with Gasteiger partial charge in [0.25, 0.3) is 0 Å². The summed E-state index contributed by atoms with van der Waals surface area (Å²) in [7, 11) is 0. The predicted octanol–water partition coefficient (Wildman–Crippen LogP) is 2.61. The van der Waals surface area contributed by atoms with Gasteiger partial charge in [0, 0.05) is 17.1 Å². The van der Waals surface area contributed by atoms with Gasteiger partial charge in [0.2, 0.25) is 0 Å². The number of hydrogen-bond donors (Lipinski definition) is 0. The molecule has 0 spiro atoms. The van der Waals surface area contributed by atoms with Crippen molar-refractivity contribution in [2.24, 2.45) is 0 Å². The van der Waals surface area contributed by atoms with E-state index in [4.69, 9.17) is 14.4 Å². The molecule has 1 aromatic rings. The van der Waals surface area contributed by atoms with Gasteiger partial charge in [0.05, 0.1) is 0 Å². The van der Waals surface area contributed by atoms with Crippen molar-refractivity contribution in [3.05, 3.63) is 28.3 Å². The third kappa shape index (κ3) is 5.10. The Hall–Kier alpha value is -1.12. The molecule has 0 amide bonds. The van der Waals surface area contributed by atoms with Gasteiger partial charge in [-0.3, -0.25) is 0 Å². The quantitative estimate of drug-likeness (QED) is 0.546. The van der Waals surface area contributed by atoms with Crippen molar-refractivity contribution in [1.82, 2.24) is 0 Å². The number of carbonyl (C=O) groups is 3. The average Bonchev–Trinajstić information content (AvgIpc) is 2.92. The Morgan fingerprint density at radius 1 is 0.600 bits per heavy atom. The van der Waals surface area contributed by atoms with Gasteiger partial charge >= 0.3 is 0 Å². The molecule has 0 fully saturated rings. The zero-order valence-electron chi connectivity index (χ0n) is 12.0. The van der Waals surface area contributed by atoms with Gasteiger partial charge in [-0.25, -0.2) is 0 Å². The van der Waals surface area contributed by atoms with E-state index in [0.717, 1.165) is 0 Å². The van der Waals surface area contributed by atoms with Crippen LogP contribution in [0.1, 0.15) is 47.9 Å². The van der Waals surface area contributed by atoms with Gasteiger partial charge in [-0.1, -0.05) is 51.4 Å². The second-order valence-corrected chi connectivity index (χ2v) is 4.57. The summed E-state index contributed by atoms with van der Waals surface area (Å²) < 4.78 is 0. The second-order valence-electron chi connectivity index (χ2n) is 4.57. The standard InChI is InChI=1S/C13H17.3CH2O.Mn/c1-3-7-12-10(5-1)9-11-6-2-4-8-13(11)12;3*1-2;/h9H,1-8H2;3*1H2;/q-1;;;;. The molecule has 4 heteroatoms. The fraction of sp³-hybridized carbons (Fsp3) is 0.500. The summed E-state index contributed by atoms with van der Waals surface area (Å²) in [6.07, 6.45) is 11.2. The van der Waals surface area contributed by atoms with Crippen LogP contribution in [-0.2, 0) is 57.1 Å². The van der Waals surface area contributed by atoms with Gasteiger partial charge in [-0.15, -0.1) is 0 Å². The van der Waals surface area contributed by atoms with Crippen LogP contribution in [0, 0.1) is 0 Å². The van der Waals surface area contributed by atoms with E-state index in [1.54, 1.807) is 22.3 Å².